The summed E-state index contributed by atoms with van der Waals surface area (Å²) >= 11 is 0. The van der Waals surface area contributed by atoms with Gasteiger partial charge in [-0.1, -0.05) is 18.2 Å². The molecule has 0 radical (unpaired) electrons. The van der Waals surface area contributed by atoms with Gasteiger partial charge in [-0.3, -0.25) is 0 Å². The highest BCUT2D eigenvalue weighted by Gasteiger charge is 2.28. The smallest absolute Gasteiger partial charge is 0.160 e. The maximum Gasteiger partial charge on any atom is 0.160 e. The highest BCUT2D eigenvalue weighted by molar-refractivity contribution is 5.41. The fraction of sp³-hybridized carbons (Fsp3) is 0.368. The van der Waals surface area contributed by atoms with E-state index in [1.807, 2.05) is 24.3 Å². The van der Waals surface area contributed by atoms with Crippen LogP contribution in [0.2, 0.25) is 0 Å². The van der Waals surface area contributed by atoms with Crippen molar-refractivity contribution in [3.05, 3.63) is 53.6 Å². The Morgan fingerprint density at radius 2 is 1.57 bits per heavy atom. The molecule has 3 rings (SSSR count). The van der Waals surface area contributed by atoms with E-state index in [1.165, 1.54) is 5.56 Å². The summed E-state index contributed by atoms with van der Waals surface area (Å²) in [6.45, 7) is 1.52. The molecule has 0 aromatic heterocycles. The van der Waals surface area contributed by atoms with Crippen molar-refractivity contribution in [3.8, 4) is 17.2 Å². The maximum atomic E-state index is 9.69. The third-order valence-corrected chi connectivity index (χ3v) is 4.51. The molecule has 1 heterocycles. The average molecular weight is 314 g/mol. The first kappa shape index (κ1) is 15.7. The summed E-state index contributed by atoms with van der Waals surface area (Å²) in [5.41, 5.74) is 2.36. The first-order valence-corrected chi connectivity index (χ1v) is 7.87. The Balaban J connectivity index is 1.68. The van der Waals surface area contributed by atoms with Crippen LogP contribution < -0.4 is 4.74 Å². The third kappa shape index (κ3) is 3.77. The van der Waals surface area contributed by atoms with Crippen LogP contribution >= 0.6 is 0 Å². The van der Waals surface area contributed by atoms with Crippen molar-refractivity contribution in [3.63, 3.8) is 0 Å². The number of rotatable bonds is 5. The average Bonchev–Trinajstić information content (AvgIpc) is 2.98. The van der Waals surface area contributed by atoms with E-state index in [4.69, 9.17) is 9.47 Å². The summed E-state index contributed by atoms with van der Waals surface area (Å²) < 4.78 is 10.9. The molecule has 0 unspecified atom stereocenters. The fourth-order valence-electron chi connectivity index (χ4n) is 3.18. The summed E-state index contributed by atoms with van der Waals surface area (Å²) in [4.78, 5) is 0. The molecule has 2 aromatic rings. The van der Waals surface area contributed by atoms with E-state index in [-0.39, 0.29) is 5.75 Å². The van der Waals surface area contributed by atoms with Gasteiger partial charge in [0.05, 0.1) is 20.3 Å². The van der Waals surface area contributed by atoms with Crippen LogP contribution in [0.15, 0.2) is 42.5 Å². The Kier molecular flexibility index (Phi) is 4.72. The van der Waals surface area contributed by atoms with E-state index in [9.17, 15) is 10.2 Å². The van der Waals surface area contributed by atoms with Crippen molar-refractivity contribution in [1.29, 1.82) is 0 Å². The van der Waals surface area contributed by atoms with Crippen molar-refractivity contribution in [2.24, 2.45) is 11.8 Å². The maximum absolute atomic E-state index is 9.69. The molecule has 4 nitrogen and oxygen atoms in total. The van der Waals surface area contributed by atoms with E-state index in [0.29, 0.717) is 23.3 Å². The van der Waals surface area contributed by atoms with Gasteiger partial charge in [0.1, 0.15) is 5.75 Å². The predicted molar refractivity (Wildman–Crippen MR) is 88.0 cm³/mol. The molecule has 23 heavy (non-hydrogen) atoms. The number of benzene rings is 2. The van der Waals surface area contributed by atoms with Gasteiger partial charge in [-0.2, -0.15) is 0 Å². The van der Waals surface area contributed by atoms with Crippen LogP contribution in [0.4, 0.5) is 0 Å². The molecule has 1 fully saturated rings. The van der Waals surface area contributed by atoms with E-state index in [2.05, 4.69) is 0 Å². The minimum Gasteiger partial charge on any atom is -0.508 e. The van der Waals surface area contributed by atoms with Gasteiger partial charge in [-0.15, -0.1) is 0 Å². The van der Waals surface area contributed by atoms with Crippen molar-refractivity contribution >= 4 is 0 Å². The molecule has 1 aliphatic heterocycles. The third-order valence-electron chi connectivity index (χ3n) is 4.51. The molecule has 0 bridgehead atoms. The van der Waals surface area contributed by atoms with Crippen molar-refractivity contribution in [2.75, 3.05) is 20.3 Å². The van der Waals surface area contributed by atoms with Crippen LogP contribution in [0, 0.1) is 11.8 Å². The Morgan fingerprint density at radius 3 is 2.22 bits per heavy atom. The van der Waals surface area contributed by atoms with Crippen molar-refractivity contribution < 1.29 is 19.7 Å². The molecule has 4 heteroatoms. The number of aromatic hydroxyl groups is 2. The highest BCUT2D eigenvalue weighted by Crippen LogP contribution is 2.31. The lowest BCUT2D eigenvalue weighted by atomic mass is 9.85. The molecular formula is C19H22O4. The second-order valence-electron chi connectivity index (χ2n) is 6.14. The van der Waals surface area contributed by atoms with Crippen molar-refractivity contribution in [2.45, 2.75) is 12.8 Å². The van der Waals surface area contributed by atoms with E-state index in [1.54, 1.807) is 25.3 Å². The molecule has 2 N–H and O–H groups in total. The molecule has 2 aromatic carbocycles. The largest absolute Gasteiger partial charge is 0.508 e. The molecule has 122 valence electrons. The zero-order chi connectivity index (χ0) is 16.2. The monoisotopic (exact) mass is 314 g/mol. The number of phenolic OH excluding ortho intramolecular Hbond substituents is 2. The van der Waals surface area contributed by atoms with Gasteiger partial charge in [0.25, 0.3) is 0 Å². The number of phenols is 2. The Labute approximate surface area is 136 Å². The van der Waals surface area contributed by atoms with Crippen LogP contribution in [0.5, 0.6) is 17.2 Å². The number of hydrogen-bond donors (Lipinski definition) is 2. The Hall–Kier alpha value is -2.20. The number of hydrogen-bond acceptors (Lipinski definition) is 4. The van der Waals surface area contributed by atoms with Crippen LogP contribution in [0.3, 0.4) is 0 Å². The summed E-state index contributed by atoms with van der Waals surface area (Å²) in [7, 11) is 1.56. The van der Waals surface area contributed by atoms with Crippen LogP contribution in [-0.4, -0.2) is 30.5 Å². The molecule has 1 saturated heterocycles. The standard InChI is InChI=1S/C19H22O4/c1-22-19-10-14(4-7-18(19)21)9-16-12-23-11-15(16)8-13-2-5-17(20)6-3-13/h2-7,10,15-16,20-21H,8-9,11-12H2,1H3/t15-,16-/m0/s1. The van der Waals surface area contributed by atoms with Crippen LogP contribution in [0.1, 0.15) is 11.1 Å². The lowest BCUT2D eigenvalue weighted by Gasteiger charge is -2.18. The molecule has 0 amide bonds. The fourth-order valence-corrected chi connectivity index (χ4v) is 3.18. The highest BCUT2D eigenvalue weighted by atomic mass is 16.5. The van der Waals surface area contributed by atoms with Gasteiger partial charge in [-0.05, 0) is 60.1 Å². The van der Waals surface area contributed by atoms with Gasteiger partial charge in [0.2, 0.25) is 0 Å². The molecule has 0 saturated carbocycles. The van der Waals surface area contributed by atoms with E-state index >= 15 is 0 Å². The predicted octanol–water partition coefficient (Wildman–Crippen LogP) is 3.15. The van der Waals surface area contributed by atoms with Gasteiger partial charge in [0, 0.05) is 0 Å². The minimum atomic E-state index is 0.166. The van der Waals surface area contributed by atoms with Gasteiger partial charge in [-0.25, -0.2) is 0 Å². The topological polar surface area (TPSA) is 58.9 Å². The first-order valence-electron chi connectivity index (χ1n) is 7.87. The second kappa shape index (κ2) is 6.92. The van der Waals surface area contributed by atoms with E-state index < -0.39 is 0 Å². The Bertz CT molecular complexity index is 651. The lowest BCUT2D eigenvalue weighted by Crippen LogP contribution is -2.17. The quantitative estimate of drug-likeness (QED) is 0.890. The molecule has 2 atom stereocenters. The summed E-state index contributed by atoms with van der Waals surface area (Å²) in [6, 6.07) is 12.9. The minimum absolute atomic E-state index is 0.166. The molecule has 0 aliphatic carbocycles. The number of ether oxygens (including phenoxy) is 2. The molecular weight excluding hydrogens is 292 g/mol. The Morgan fingerprint density at radius 1 is 0.957 bits per heavy atom. The van der Waals surface area contributed by atoms with Gasteiger partial charge < -0.3 is 19.7 Å². The lowest BCUT2D eigenvalue weighted by molar-refractivity contribution is 0.180. The molecule has 0 spiro atoms. The summed E-state index contributed by atoms with van der Waals surface area (Å²) in [6.07, 6.45) is 1.85. The molecule has 1 aliphatic rings. The zero-order valence-electron chi connectivity index (χ0n) is 13.2. The van der Waals surface area contributed by atoms with E-state index in [0.717, 1.165) is 31.6 Å². The number of methoxy groups -OCH3 is 1. The SMILES string of the molecule is COc1cc(C[C@H]2COC[C@@H]2Cc2ccc(O)cc2)ccc1O. The summed E-state index contributed by atoms with van der Waals surface area (Å²) in [5.74, 6) is 1.87. The van der Waals surface area contributed by atoms with Gasteiger partial charge in [0.15, 0.2) is 11.5 Å². The van der Waals surface area contributed by atoms with Crippen molar-refractivity contribution in [1.82, 2.24) is 0 Å². The van der Waals surface area contributed by atoms with Crippen LogP contribution in [-0.2, 0) is 17.6 Å². The summed E-state index contributed by atoms with van der Waals surface area (Å²) in [5, 5.41) is 19.1. The normalized spacial score (nSPS) is 20.6. The van der Waals surface area contributed by atoms with Crippen LogP contribution in [0.25, 0.3) is 0 Å². The van der Waals surface area contributed by atoms with Gasteiger partial charge >= 0.3 is 0 Å². The zero-order valence-corrected chi connectivity index (χ0v) is 13.2. The second-order valence-corrected chi connectivity index (χ2v) is 6.14. The first-order chi connectivity index (χ1) is 11.2.